The summed E-state index contributed by atoms with van der Waals surface area (Å²) in [6, 6.07) is 40.1. The summed E-state index contributed by atoms with van der Waals surface area (Å²) in [6.07, 6.45) is 3.68. The van der Waals surface area contributed by atoms with Crippen LogP contribution in [-0.4, -0.2) is 18.0 Å². The van der Waals surface area contributed by atoms with Gasteiger partial charge in [0.05, 0.1) is 13.7 Å². The Bertz CT molecular complexity index is 2540. The number of furan rings is 1. The predicted octanol–water partition coefficient (Wildman–Crippen LogP) is 11.3. The molecule has 0 aliphatic heterocycles. The molecule has 0 unspecified atom stereocenters. The fraction of sp³-hybridized carbons (Fsp3) is 0.163. The van der Waals surface area contributed by atoms with Gasteiger partial charge in [-0.25, -0.2) is 0 Å². The standard InChI is InChI=1S/C29H22NO.C14H16NSi.Ir/c1-17(2)20-12-13-30-26(15-20)23-11-8-18(3)28-25-14-21-10-9-19-6-4-5-7-22(19)24(21)16-27(25)31-29(23)28;1-16(2,3)13-9-10-14(15-11-13)12-7-5-4-6-8-12;/h4-10,12-17H,1-3H3;4-7,9-11H,1-3H3;/q2*-1;/i3D3,17D;;. The number of aryl methyl sites for hydroxylation is 1. The second-order valence-electron chi connectivity index (χ2n) is 13.1. The third kappa shape index (κ3) is 6.51. The van der Waals surface area contributed by atoms with Crippen molar-refractivity contribution >= 4 is 56.7 Å². The first-order chi connectivity index (χ1) is 24.2. The van der Waals surface area contributed by atoms with Gasteiger partial charge >= 0.3 is 0 Å². The summed E-state index contributed by atoms with van der Waals surface area (Å²) in [5, 5.41) is 7.01. The van der Waals surface area contributed by atoms with Gasteiger partial charge in [-0.2, -0.15) is 0 Å². The molecular formula is C43H38IrN2OSi-2. The van der Waals surface area contributed by atoms with Gasteiger partial charge in [0.1, 0.15) is 5.58 Å². The Hall–Kier alpha value is -4.41. The molecule has 0 bridgehead atoms. The van der Waals surface area contributed by atoms with Crippen LogP contribution < -0.4 is 5.19 Å². The molecule has 5 heteroatoms. The molecule has 8 rings (SSSR count). The van der Waals surface area contributed by atoms with Crippen LogP contribution in [0.4, 0.5) is 0 Å². The quantitative estimate of drug-likeness (QED) is 0.101. The molecule has 48 heavy (non-hydrogen) atoms. The number of aromatic nitrogens is 2. The molecule has 0 fully saturated rings. The van der Waals surface area contributed by atoms with Crippen LogP contribution in [-0.2, 0) is 20.1 Å². The van der Waals surface area contributed by atoms with Gasteiger partial charge in [0, 0.05) is 43.4 Å². The minimum absolute atomic E-state index is 0. The molecule has 8 aromatic rings. The summed E-state index contributed by atoms with van der Waals surface area (Å²) in [4.78, 5) is 9.03. The van der Waals surface area contributed by atoms with Crippen LogP contribution in [0.1, 0.15) is 36.4 Å². The molecule has 0 amide bonds. The summed E-state index contributed by atoms with van der Waals surface area (Å²) in [5.74, 6) is -0.803. The molecule has 3 heterocycles. The Balaban J connectivity index is 0.000000230. The molecule has 241 valence electrons. The minimum atomic E-state index is -2.33. The Morgan fingerprint density at radius 1 is 0.792 bits per heavy atom. The molecular weight excluding hydrogens is 781 g/mol. The van der Waals surface area contributed by atoms with Crippen molar-refractivity contribution in [3.05, 3.63) is 139 Å². The van der Waals surface area contributed by atoms with E-state index in [1.165, 1.54) is 11.3 Å². The van der Waals surface area contributed by atoms with Crippen LogP contribution in [0.2, 0.25) is 19.6 Å². The van der Waals surface area contributed by atoms with Crippen LogP contribution in [0.3, 0.4) is 0 Å². The Kier molecular flexibility index (Phi) is 8.10. The molecule has 0 aliphatic rings. The number of nitrogens with zero attached hydrogens (tertiary/aromatic N) is 2. The number of rotatable bonds is 4. The Morgan fingerprint density at radius 2 is 1.60 bits per heavy atom. The average molecular weight is 823 g/mol. The third-order valence-corrected chi connectivity index (χ3v) is 10.6. The molecule has 0 N–H and O–H groups in total. The summed E-state index contributed by atoms with van der Waals surface area (Å²) < 4.78 is 39.3. The summed E-state index contributed by atoms with van der Waals surface area (Å²) in [7, 11) is -1.23. The first-order valence-corrected chi connectivity index (χ1v) is 19.3. The fourth-order valence-electron chi connectivity index (χ4n) is 5.94. The maximum Gasteiger partial charge on any atom is 0.121 e. The van der Waals surface area contributed by atoms with Gasteiger partial charge in [0.25, 0.3) is 0 Å². The van der Waals surface area contributed by atoms with E-state index in [0.29, 0.717) is 27.8 Å². The number of benzene rings is 5. The van der Waals surface area contributed by atoms with Crippen molar-refractivity contribution in [2.45, 2.75) is 46.2 Å². The largest absolute Gasteiger partial charge is 0.501 e. The second-order valence-corrected chi connectivity index (χ2v) is 18.2. The molecule has 0 aliphatic carbocycles. The van der Waals surface area contributed by atoms with Crippen molar-refractivity contribution in [2.24, 2.45) is 0 Å². The van der Waals surface area contributed by atoms with E-state index in [1.807, 2.05) is 80.7 Å². The van der Waals surface area contributed by atoms with E-state index in [-0.39, 0.29) is 25.7 Å². The van der Waals surface area contributed by atoms with Gasteiger partial charge in [-0.05, 0) is 62.2 Å². The second kappa shape index (κ2) is 13.6. The number of hydrogen-bond acceptors (Lipinski definition) is 3. The third-order valence-electron chi connectivity index (χ3n) is 8.62. The molecule has 5 aromatic carbocycles. The van der Waals surface area contributed by atoms with Crippen molar-refractivity contribution in [3.8, 4) is 22.5 Å². The van der Waals surface area contributed by atoms with Crippen LogP contribution in [0.15, 0.2) is 120 Å². The summed E-state index contributed by atoms with van der Waals surface area (Å²) in [6.45, 7) is 8.30. The van der Waals surface area contributed by atoms with Gasteiger partial charge in [0.2, 0.25) is 0 Å². The van der Waals surface area contributed by atoms with E-state index in [0.717, 1.165) is 43.8 Å². The predicted molar refractivity (Wildman–Crippen MR) is 201 cm³/mol. The van der Waals surface area contributed by atoms with Crippen molar-refractivity contribution in [1.29, 1.82) is 0 Å². The van der Waals surface area contributed by atoms with E-state index in [2.05, 4.69) is 78.1 Å². The topological polar surface area (TPSA) is 38.9 Å². The zero-order valence-corrected chi connectivity index (χ0v) is 31.0. The molecule has 0 atom stereocenters. The van der Waals surface area contributed by atoms with Crippen LogP contribution in [0.5, 0.6) is 0 Å². The van der Waals surface area contributed by atoms with E-state index in [9.17, 15) is 0 Å². The van der Waals surface area contributed by atoms with Gasteiger partial charge in [0.15, 0.2) is 0 Å². The van der Waals surface area contributed by atoms with E-state index >= 15 is 0 Å². The minimum Gasteiger partial charge on any atom is -0.501 e. The van der Waals surface area contributed by atoms with Crippen LogP contribution in [0, 0.1) is 19.0 Å². The fourth-order valence-corrected chi connectivity index (χ4v) is 6.98. The summed E-state index contributed by atoms with van der Waals surface area (Å²) >= 11 is 0. The molecule has 3 aromatic heterocycles. The zero-order valence-electron chi connectivity index (χ0n) is 31.6. The number of pyridine rings is 2. The van der Waals surface area contributed by atoms with Crippen molar-refractivity contribution < 1.29 is 30.0 Å². The normalized spacial score (nSPS) is 13.3. The van der Waals surface area contributed by atoms with Crippen LogP contribution in [0.25, 0.3) is 66.0 Å². The number of fused-ring (bicyclic) bond motifs is 6. The van der Waals surface area contributed by atoms with Gasteiger partial charge < -0.3 is 14.4 Å². The first-order valence-electron chi connectivity index (χ1n) is 17.8. The van der Waals surface area contributed by atoms with E-state index in [4.69, 9.17) is 9.90 Å². The summed E-state index contributed by atoms with van der Waals surface area (Å²) in [5.41, 5.74) is 5.31. The van der Waals surface area contributed by atoms with Gasteiger partial charge in [-0.1, -0.05) is 111 Å². The SMILES string of the molecule is C[Si](C)(C)c1ccc(-c2[c-]cccc2)nc1.[2H]C([2H])([2H])c1c[c-]c(-c2cc(C([2H])(C)C)ccn2)c2oc3cc4c(ccc5ccccc54)cc3c12.[Ir]. The number of hydrogen-bond donors (Lipinski definition) is 0. The smallest absolute Gasteiger partial charge is 0.121 e. The van der Waals surface area contributed by atoms with Gasteiger partial charge in [-0.3, -0.25) is 0 Å². The molecule has 3 nitrogen and oxygen atoms in total. The first kappa shape index (κ1) is 28.6. The maximum absolute atomic E-state index is 8.41. The monoisotopic (exact) mass is 823 g/mol. The van der Waals surface area contributed by atoms with Gasteiger partial charge in [-0.15, -0.1) is 53.6 Å². The van der Waals surface area contributed by atoms with Crippen molar-refractivity contribution in [3.63, 3.8) is 0 Å². The molecule has 1 radical (unpaired) electrons. The van der Waals surface area contributed by atoms with Crippen LogP contribution >= 0.6 is 0 Å². The average Bonchev–Trinajstić information content (AvgIpc) is 3.48. The van der Waals surface area contributed by atoms with Crippen molar-refractivity contribution in [2.75, 3.05) is 0 Å². The molecule has 0 spiro atoms. The molecule has 0 saturated carbocycles. The maximum atomic E-state index is 8.41. The van der Waals surface area contributed by atoms with Crippen molar-refractivity contribution in [1.82, 2.24) is 9.97 Å². The van der Waals surface area contributed by atoms with E-state index in [1.54, 1.807) is 6.20 Å². The Labute approximate surface area is 303 Å². The Morgan fingerprint density at radius 3 is 2.33 bits per heavy atom. The zero-order chi connectivity index (χ0) is 36.1. The molecule has 0 saturated heterocycles. The van der Waals surface area contributed by atoms with E-state index < -0.39 is 20.8 Å².